The van der Waals surface area contributed by atoms with E-state index in [1.807, 2.05) is 6.92 Å². The maximum atomic E-state index is 13.0. The lowest BCUT2D eigenvalue weighted by molar-refractivity contribution is -0.114. The Kier molecular flexibility index (Phi) is 5.04. The van der Waals surface area contributed by atoms with Gasteiger partial charge in [-0.15, -0.1) is 0 Å². The van der Waals surface area contributed by atoms with Crippen LogP contribution in [0.1, 0.15) is 5.56 Å². The van der Waals surface area contributed by atoms with Crippen molar-refractivity contribution in [1.82, 2.24) is 0 Å². The van der Waals surface area contributed by atoms with Crippen molar-refractivity contribution in [3.8, 4) is 0 Å². The van der Waals surface area contributed by atoms with Crippen LogP contribution >= 0.6 is 23.2 Å². The van der Waals surface area contributed by atoms with Crippen LogP contribution in [0.2, 0.25) is 10.0 Å². The molecule has 1 amide bonds. The molecule has 3 nitrogen and oxygen atoms in total. The van der Waals surface area contributed by atoms with E-state index in [1.54, 1.807) is 18.2 Å². The third-order valence-corrected chi connectivity index (χ3v) is 3.36. The van der Waals surface area contributed by atoms with E-state index in [1.165, 1.54) is 18.2 Å². The summed E-state index contributed by atoms with van der Waals surface area (Å²) in [6.07, 6.45) is 0. The molecule has 110 valence electrons. The van der Waals surface area contributed by atoms with Gasteiger partial charge in [0.2, 0.25) is 5.91 Å². The lowest BCUT2D eigenvalue weighted by Gasteiger charge is -2.10. The number of hydrogen-bond acceptors (Lipinski definition) is 2. The lowest BCUT2D eigenvalue weighted by atomic mass is 10.2. The largest absolute Gasteiger partial charge is 0.376 e. The first kappa shape index (κ1) is 15.6. The Bertz CT molecular complexity index is 677. The van der Waals surface area contributed by atoms with Crippen LogP contribution in [0, 0.1) is 12.7 Å². The second kappa shape index (κ2) is 6.78. The number of nitrogens with one attached hydrogen (secondary N) is 2. The Hall–Kier alpha value is -1.78. The number of halogens is 3. The van der Waals surface area contributed by atoms with Gasteiger partial charge in [0.1, 0.15) is 5.82 Å². The average Bonchev–Trinajstić information content (AvgIpc) is 2.43. The molecule has 0 aliphatic heterocycles. The Morgan fingerprint density at radius 2 is 1.95 bits per heavy atom. The van der Waals surface area contributed by atoms with Gasteiger partial charge in [-0.1, -0.05) is 23.2 Å². The van der Waals surface area contributed by atoms with Crippen LogP contribution in [0.4, 0.5) is 15.8 Å². The van der Waals surface area contributed by atoms with E-state index in [4.69, 9.17) is 23.2 Å². The minimum absolute atomic E-state index is 0.00829. The zero-order valence-corrected chi connectivity index (χ0v) is 12.7. The first-order valence-corrected chi connectivity index (χ1v) is 6.96. The number of aryl methyl sites for hydroxylation is 1. The average molecular weight is 327 g/mol. The van der Waals surface area contributed by atoms with Crippen LogP contribution in [0.25, 0.3) is 0 Å². The van der Waals surface area contributed by atoms with E-state index < -0.39 is 5.82 Å². The molecule has 0 atom stereocenters. The van der Waals surface area contributed by atoms with E-state index in [9.17, 15) is 9.18 Å². The van der Waals surface area contributed by atoms with Crippen LogP contribution in [0.15, 0.2) is 36.4 Å². The molecule has 0 unspecified atom stereocenters. The Labute approximate surface area is 132 Å². The van der Waals surface area contributed by atoms with Crippen molar-refractivity contribution >= 4 is 40.5 Å². The number of amides is 1. The molecule has 2 N–H and O–H groups in total. The molecule has 0 saturated heterocycles. The maximum Gasteiger partial charge on any atom is 0.243 e. The molecular weight excluding hydrogens is 314 g/mol. The van der Waals surface area contributed by atoms with Gasteiger partial charge in [-0.25, -0.2) is 4.39 Å². The molecule has 0 heterocycles. The number of rotatable bonds is 4. The fourth-order valence-corrected chi connectivity index (χ4v) is 2.16. The first-order chi connectivity index (χ1) is 9.95. The smallest absolute Gasteiger partial charge is 0.243 e. The van der Waals surface area contributed by atoms with Crippen molar-refractivity contribution in [2.75, 3.05) is 17.2 Å². The van der Waals surface area contributed by atoms with Gasteiger partial charge in [0.15, 0.2) is 0 Å². The first-order valence-electron chi connectivity index (χ1n) is 6.20. The van der Waals surface area contributed by atoms with Gasteiger partial charge in [-0.05, 0) is 48.9 Å². The molecular formula is C15H13Cl2FN2O. The van der Waals surface area contributed by atoms with E-state index in [-0.39, 0.29) is 17.5 Å². The highest BCUT2D eigenvalue weighted by molar-refractivity contribution is 6.31. The second-order valence-corrected chi connectivity index (χ2v) is 5.33. The second-order valence-electron chi connectivity index (χ2n) is 4.49. The van der Waals surface area contributed by atoms with Gasteiger partial charge in [0.25, 0.3) is 0 Å². The number of benzene rings is 2. The van der Waals surface area contributed by atoms with E-state index in [0.29, 0.717) is 16.4 Å². The van der Waals surface area contributed by atoms with Crippen LogP contribution in [-0.4, -0.2) is 12.5 Å². The third-order valence-electron chi connectivity index (χ3n) is 2.84. The third kappa shape index (κ3) is 4.34. The van der Waals surface area contributed by atoms with Gasteiger partial charge >= 0.3 is 0 Å². The van der Waals surface area contributed by atoms with Gasteiger partial charge in [-0.3, -0.25) is 4.79 Å². The van der Waals surface area contributed by atoms with Crippen molar-refractivity contribution in [3.63, 3.8) is 0 Å². The van der Waals surface area contributed by atoms with Crippen molar-refractivity contribution in [2.45, 2.75) is 6.92 Å². The highest BCUT2D eigenvalue weighted by Gasteiger charge is 2.06. The molecule has 2 rings (SSSR count). The standard InChI is InChI=1S/C15H13Cl2FN2O/c1-9-6-10(16)2-5-14(9)20-15(21)8-19-11-3-4-13(18)12(17)7-11/h2-7,19H,8H2,1H3,(H,20,21). The topological polar surface area (TPSA) is 41.1 Å². The summed E-state index contributed by atoms with van der Waals surface area (Å²) in [5.74, 6) is -0.718. The van der Waals surface area contributed by atoms with Crippen LogP contribution < -0.4 is 10.6 Å². The zero-order chi connectivity index (χ0) is 15.4. The predicted octanol–water partition coefficient (Wildman–Crippen LogP) is 4.49. The SMILES string of the molecule is Cc1cc(Cl)ccc1NC(=O)CNc1ccc(F)c(Cl)c1. The number of anilines is 2. The Morgan fingerprint density at radius 1 is 1.19 bits per heavy atom. The normalized spacial score (nSPS) is 10.3. The molecule has 2 aromatic carbocycles. The molecule has 0 fully saturated rings. The summed E-state index contributed by atoms with van der Waals surface area (Å²) in [6, 6.07) is 9.40. The minimum atomic E-state index is -0.497. The molecule has 21 heavy (non-hydrogen) atoms. The van der Waals surface area contributed by atoms with E-state index in [0.717, 1.165) is 5.56 Å². The zero-order valence-electron chi connectivity index (χ0n) is 11.2. The predicted molar refractivity (Wildman–Crippen MR) is 84.7 cm³/mol. The summed E-state index contributed by atoms with van der Waals surface area (Å²) < 4.78 is 13.0. The molecule has 0 spiro atoms. The molecule has 0 radical (unpaired) electrons. The van der Waals surface area contributed by atoms with E-state index in [2.05, 4.69) is 10.6 Å². The summed E-state index contributed by atoms with van der Waals surface area (Å²) in [6.45, 7) is 1.90. The van der Waals surface area contributed by atoms with E-state index >= 15 is 0 Å². The molecule has 0 saturated carbocycles. The monoisotopic (exact) mass is 326 g/mol. The lowest BCUT2D eigenvalue weighted by Crippen LogP contribution is -2.22. The summed E-state index contributed by atoms with van der Waals surface area (Å²) in [5, 5.41) is 6.26. The summed E-state index contributed by atoms with van der Waals surface area (Å²) >= 11 is 11.5. The van der Waals surface area contributed by atoms with Gasteiger partial charge in [0, 0.05) is 16.4 Å². The van der Waals surface area contributed by atoms with Crippen molar-refractivity contribution in [3.05, 3.63) is 57.8 Å². The highest BCUT2D eigenvalue weighted by Crippen LogP contribution is 2.20. The molecule has 0 aromatic heterocycles. The number of carbonyl (C=O) groups excluding carboxylic acids is 1. The number of carbonyl (C=O) groups is 1. The van der Waals surface area contributed by atoms with Crippen molar-refractivity contribution < 1.29 is 9.18 Å². The van der Waals surface area contributed by atoms with Crippen LogP contribution in [0.5, 0.6) is 0 Å². The van der Waals surface area contributed by atoms with Gasteiger partial charge < -0.3 is 10.6 Å². The number of hydrogen-bond donors (Lipinski definition) is 2. The molecule has 0 aliphatic rings. The molecule has 0 aliphatic carbocycles. The minimum Gasteiger partial charge on any atom is -0.376 e. The van der Waals surface area contributed by atoms with Crippen LogP contribution in [-0.2, 0) is 4.79 Å². The fourth-order valence-electron chi connectivity index (χ4n) is 1.75. The van der Waals surface area contributed by atoms with Crippen molar-refractivity contribution in [1.29, 1.82) is 0 Å². The summed E-state index contributed by atoms with van der Waals surface area (Å²) in [5.41, 5.74) is 2.15. The Balaban J connectivity index is 1.94. The Morgan fingerprint density at radius 3 is 2.62 bits per heavy atom. The molecule has 0 bridgehead atoms. The maximum absolute atomic E-state index is 13.0. The quantitative estimate of drug-likeness (QED) is 0.869. The van der Waals surface area contributed by atoms with Gasteiger partial charge in [0.05, 0.1) is 11.6 Å². The summed E-state index contributed by atoms with van der Waals surface area (Å²) in [4.78, 5) is 11.9. The van der Waals surface area contributed by atoms with Crippen LogP contribution in [0.3, 0.4) is 0 Å². The van der Waals surface area contributed by atoms with Crippen molar-refractivity contribution in [2.24, 2.45) is 0 Å². The highest BCUT2D eigenvalue weighted by atomic mass is 35.5. The summed E-state index contributed by atoms with van der Waals surface area (Å²) in [7, 11) is 0. The van der Waals surface area contributed by atoms with Gasteiger partial charge in [-0.2, -0.15) is 0 Å². The molecule has 6 heteroatoms. The fraction of sp³-hybridized carbons (Fsp3) is 0.133. The molecule has 2 aromatic rings.